The molecule has 0 saturated carbocycles. The summed E-state index contributed by atoms with van der Waals surface area (Å²) in [4.78, 5) is 44.6. The van der Waals surface area contributed by atoms with Crippen LogP contribution >= 0.6 is 0 Å². The van der Waals surface area contributed by atoms with Crippen LogP contribution in [0.15, 0.2) is 36.4 Å². The molecule has 1 unspecified atom stereocenters. The van der Waals surface area contributed by atoms with Crippen LogP contribution in [0, 0.1) is 24.6 Å². The Hall–Kier alpha value is -3.84. The lowest BCUT2D eigenvalue weighted by Gasteiger charge is -2.42. The smallest absolute Gasteiger partial charge is 0.416 e. The Bertz CT molecular complexity index is 1490. The van der Waals surface area contributed by atoms with Gasteiger partial charge in [-0.05, 0) is 94.0 Å². The summed E-state index contributed by atoms with van der Waals surface area (Å²) in [5.74, 6) is -3.21. The molecule has 48 heavy (non-hydrogen) atoms. The molecular formula is C34H40F7N3O4. The molecule has 0 aromatic heterocycles. The number of aryl methyl sites for hydroxylation is 1. The minimum Gasteiger partial charge on any atom is -0.444 e. The van der Waals surface area contributed by atoms with Gasteiger partial charge in [0.25, 0.3) is 0 Å². The maximum Gasteiger partial charge on any atom is 0.416 e. The average molecular weight is 688 g/mol. The first-order valence-corrected chi connectivity index (χ1v) is 15.7. The quantitative estimate of drug-likeness (QED) is 0.307. The molecule has 0 radical (unpaired) electrons. The molecular weight excluding hydrogens is 647 g/mol. The van der Waals surface area contributed by atoms with Crippen molar-refractivity contribution in [3.63, 3.8) is 0 Å². The van der Waals surface area contributed by atoms with E-state index in [1.165, 1.54) is 30.1 Å². The van der Waals surface area contributed by atoms with Gasteiger partial charge < -0.3 is 19.4 Å². The van der Waals surface area contributed by atoms with Crippen molar-refractivity contribution >= 4 is 17.9 Å². The van der Waals surface area contributed by atoms with E-state index in [0.29, 0.717) is 42.6 Å². The van der Waals surface area contributed by atoms with Gasteiger partial charge in [-0.1, -0.05) is 6.07 Å². The lowest BCUT2D eigenvalue weighted by Crippen LogP contribution is -2.52. The molecule has 2 aliphatic heterocycles. The van der Waals surface area contributed by atoms with Crippen LogP contribution in [0.5, 0.6) is 0 Å². The van der Waals surface area contributed by atoms with Gasteiger partial charge in [0.15, 0.2) is 0 Å². The van der Waals surface area contributed by atoms with Gasteiger partial charge in [-0.25, -0.2) is 9.18 Å². The Morgan fingerprint density at radius 2 is 1.50 bits per heavy atom. The van der Waals surface area contributed by atoms with Gasteiger partial charge in [-0.3, -0.25) is 9.59 Å². The van der Waals surface area contributed by atoms with Crippen LogP contribution in [-0.2, 0) is 33.2 Å². The van der Waals surface area contributed by atoms with Gasteiger partial charge in [0.05, 0.1) is 17.0 Å². The number of benzene rings is 2. The molecule has 2 aromatic rings. The number of likely N-dealkylation sites (tertiary alicyclic amines) is 2. The first-order chi connectivity index (χ1) is 22.1. The summed E-state index contributed by atoms with van der Waals surface area (Å²) in [6, 6.07) is 5.26. The zero-order chi connectivity index (χ0) is 35.8. The molecule has 264 valence electrons. The molecule has 0 bridgehead atoms. The summed E-state index contributed by atoms with van der Waals surface area (Å²) in [5, 5.41) is 0. The highest BCUT2D eigenvalue weighted by Crippen LogP contribution is 2.39. The van der Waals surface area contributed by atoms with E-state index >= 15 is 0 Å². The first-order valence-electron chi connectivity index (χ1n) is 15.7. The number of halogens is 7. The summed E-state index contributed by atoms with van der Waals surface area (Å²) in [6.07, 6.45) is -9.32. The summed E-state index contributed by atoms with van der Waals surface area (Å²) in [5.41, 5.74) is -2.89. The van der Waals surface area contributed by atoms with E-state index < -0.39 is 71.2 Å². The first kappa shape index (κ1) is 37.0. The van der Waals surface area contributed by atoms with Crippen molar-refractivity contribution in [2.75, 3.05) is 33.2 Å². The lowest BCUT2D eigenvalue weighted by atomic mass is 9.77. The molecule has 7 nitrogen and oxygen atoms in total. The van der Waals surface area contributed by atoms with Gasteiger partial charge in [0.2, 0.25) is 11.8 Å². The van der Waals surface area contributed by atoms with Gasteiger partial charge >= 0.3 is 18.4 Å². The largest absolute Gasteiger partial charge is 0.444 e. The van der Waals surface area contributed by atoms with Crippen LogP contribution in [0.2, 0.25) is 0 Å². The molecule has 2 saturated heterocycles. The van der Waals surface area contributed by atoms with Crippen LogP contribution < -0.4 is 0 Å². The monoisotopic (exact) mass is 687 g/mol. The molecule has 2 aromatic carbocycles. The summed E-state index contributed by atoms with van der Waals surface area (Å²) < 4.78 is 100. The number of piperidine rings is 2. The number of carbonyl (C=O) groups excluding carboxylic acids is 3. The molecule has 14 heteroatoms. The number of amides is 3. The molecule has 2 aliphatic rings. The van der Waals surface area contributed by atoms with Gasteiger partial charge in [0.1, 0.15) is 11.4 Å². The topological polar surface area (TPSA) is 70.2 Å². The summed E-state index contributed by atoms with van der Waals surface area (Å²) in [6.45, 7) is 7.20. The molecule has 3 amide bonds. The fourth-order valence-electron chi connectivity index (χ4n) is 6.49. The van der Waals surface area contributed by atoms with Gasteiger partial charge in [-0.2, -0.15) is 26.3 Å². The highest BCUT2D eigenvalue weighted by atomic mass is 19.4. The number of rotatable bonds is 5. The van der Waals surface area contributed by atoms with Crippen molar-refractivity contribution in [1.82, 2.24) is 14.7 Å². The highest BCUT2D eigenvalue weighted by Gasteiger charge is 2.42. The predicted octanol–water partition coefficient (Wildman–Crippen LogP) is 7.41. The number of alkyl halides is 6. The van der Waals surface area contributed by atoms with Crippen LogP contribution in [0.4, 0.5) is 35.5 Å². The minimum atomic E-state index is -5.04. The number of ether oxygens (including phenoxy) is 1. The molecule has 2 fully saturated rings. The highest BCUT2D eigenvalue weighted by molar-refractivity contribution is 5.83. The van der Waals surface area contributed by atoms with E-state index in [0.717, 1.165) is 4.90 Å². The van der Waals surface area contributed by atoms with Crippen LogP contribution in [0.25, 0.3) is 0 Å². The molecule has 0 N–H and O–H groups in total. The van der Waals surface area contributed by atoms with E-state index in [4.69, 9.17) is 4.74 Å². The minimum absolute atomic E-state index is 0.0322. The molecule has 0 spiro atoms. The lowest BCUT2D eigenvalue weighted by molar-refractivity contribution is -0.144. The third-order valence-electron chi connectivity index (χ3n) is 8.74. The second-order valence-electron chi connectivity index (χ2n) is 13.7. The van der Waals surface area contributed by atoms with Gasteiger partial charge in [0, 0.05) is 51.6 Å². The summed E-state index contributed by atoms with van der Waals surface area (Å²) >= 11 is 0. The Labute approximate surface area is 275 Å². The predicted molar refractivity (Wildman–Crippen MR) is 162 cm³/mol. The van der Waals surface area contributed by atoms with Crippen LogP contribution in [0.3, 0.4) is 0 Å². The Morgan fingerprint density at radius 3 is 2.06 bits per heavy atom. The normalized spacial score (nSPS) is 20.8. The number of carbonyl (C=O) groups is 3. The summed E-state index contributed by atoms with van der Waals surface area (Å²) in [7, 11) is 1.30. The van der Waals surface area contributed by atoms with Crippen molar-refractivity contribution in [3.05, 3.63) is 70.0 Å². The van der Waals surface area contributed by atoms with Crippen molar-refractivity contribution in [3.8, 4) is 0 Å². The van der Waals surface area contributed by atoms with Crippen molar-refractivity contribution in [2.24, 2.45) is 11.8 Å². The van der Waals surface area contributed by atoms with E-state index in [9.17, 15) is 45.1 Å². The number of hydrogen-bond donors (Lipinski definition) is 0. The van der Waals surface area contributed by atoms with E-state index in [2.05, 4.69) is 0 Å². The second kappa shape index (κ2) is 13.9. The second-order valence-corrected chi connectivity index (χ2v) is 13.7. The van der Waals surface area contributed by atoms with E-state index in [1.807, 2.05) is 0 Å². The molecule has 3 atom stereocenters. The Balaban J connectivity index is 1.57. The Morgan fingerprint density at radius 1 is 0.875 bits per heavy atom. The van der Waals surface area contributed by atoms with E-state index in [-0.39, 0.29) is 43.6 Å². The van der Waals surface area contributed by atoms with Crippen LogP contribution in [0.1, 0.15) is 73.8 Å². The number of nitrogens with zero attached hydrogens (tertiary/aromatic N) is 3. The molecule has 4 rings (SSSR count). The van der Waals surface area contributed by atoms with Crippen molar-refractivity contribution in [1.29, 1.82) is 0 Å². The van der Waals surface area contributed by atoms with Crippen molar-refractivity contribution in [2.45, 2.75) is 77.4 Å². The average Bonchev–Trinajstić information content (AvgIpc) is 2.98. The molecule has 2 heterocycles. The van der Waals surface area contributed by atoms with Crippen molar-refractivity contribution < 1.29 is 49.9 Å². The fourth-order valence-corrected chi connectivity index (χ4v) is 6.49. The third-order valence-corrected chi connectivity index (χ3v) is 8.74. The fraction of sp³-hybridized carbons (Fsp3) is 0.559. The Kier molecular flexibility index (Phi) is 10.7. The zero-order valence-electron chi connectivity index (χ0n) is 27.5. The number of hydrogen-bond acceptors (Lipinski definition) is 4. The third kappa shape index (κ3) is 8.98. The standard InChI is InChI=1S/C34H40F7N3O4/c1-20-13-25(35)8-9-26(20)28-19-43(29(45)22-7-6-11-44(18-22)31(47)48-32(2,3)4)12-10-27(28)30(46)42(5)17-21-14-23(33(36,37)38)16-24(15-21)34(39,40)41/h8-9,13-16,22,27-28H,6-7,10-12,17-19H2,1-5H3/t22?,27-,28+/m1/s1. The maximum absolute atomic E-state index is 14.1. The SMILES string of the molecule is Cc1cc(F)ccc1[C@@H]1CN(C(=O)C2CCCN(C(=O)OC(C)(C)C)C2)CC[C@H]1C(=O)N(C)Cc1cc(C(F)(F)F)cc(C(F)(F)F)c1. The van der Waals surface area contributed by atoms with Gasteiger partial charge in [-0.15, -0.1) is 0 Å². The van der Waals surface area contributed by atoms with Crippen LogP contribution in [-0.4, -0.2) is 71.4 Å². The zero-order valence-corrected chi connectivity index (χ0v) is 27.5. The molecule has 0 aliphatic carbocycles. The maximum atomic E-state index is 14.1. The van der Waals surface area contributed by atoms with E-state index in [1.54, 1.807) is 32.6 Å².